The van der Waals surface area contributed by atoms with Crippen LogP contribution in [0.1, 0.15) is 54.9 Å². The topological polar surface area (TPSA) is 85.8 Å². The van der Waals surface area contributed by atoms with E-state index in [9.17, 15) is 14.7 Å². The third kappa shape index (κ3) is 5.71. The highest BCUT2D eigenvalue weighted by Crippen LogP contribution is 2.34. The standard InChI is InChI=1S/C29H36N4O3S/c1-20(21-8-3-2-4-9-21)30-29(36)27-22-10-5-6-11-24(22)31-28(25-12-7-17-37-25)23(27)18-32-13-15-33(16-14-32)26(35)19-34/h5-7,10-12,17,20-21,34H,2-4,8-9,13-16,18-19H2,1H3,(H,30,36). The van der Waals surface area contributed by atoms with Gasteiger partial charge >= 0.3 is 0 Å². The van der Waals surface area contributed by atoms with Crippen LogP contribution >= 0.6 is 11.3 Å². The molecule has 2 N–H and O–H groups in total. The second-order valence-corrected chi connectivity index (χ2v) is 11.2. The van der Waals surface area contributed by atoms with Gasteiger partial charge in [0.2, 0.25) is 5.91 Å². The maximum atomic E-state index is 14.0. The van der Waals surface area contributed by atoms with Crippen LogP contribution in [-0.2, 0) is 11.3 Å². The number of piperazine rings is 1. The van der Waals surface area contributed by atoms with E-state index in [2.05, 4.69) is 23.2 Å². The molecule has 2 amide bonds. The first-order valence-corrected chi connectivity index (χ1v) is 14.3. The number of aliphatic hydroxyl groups is 1. The molecule has 2 aromatic heterocycles. The van der Waals surface area contributed by atoms with Gasteiger partial charge in [-0.25, -0.2) is 4.98 Å². The van der Waals surface area contributed by atoms with Crippen molar-refractivity contribution in [2.45, 2.75) is 51.6 Å². The largest absolute Gasteiger partial charge is 0.387 e. The van der Waals surface area contributed by atoms with E-state index in [-0.39, 0.29) is 17.9 Å². The summed E-state index contributed by atoms with van der Waals surface area (Å²) in [4.78, 5) is 36.1. The van der Waals surface area contributed by atoms with Gasteiger partial charge in [-0.05, 0) is 43.2 Å². The molecule has 1 unspecified atom stereocenters. The fourth-order valence-corrected chi connectivity index (χ4v) is 6.53. The van der Waals surface area contributed by atoms with Crippen LogP contribution in [0.25, 0.3) is 21.5 Å². The fraction of sp³-hybridized carbons (Fsp3) is 0.483. The first-order valence-electron chi connectivity index (χ1n) is 13.4. The summed E-state index contributed by atoms with van der Waals surface area (Å²) in [6.07, 6.45) is 6.10. The number of nitrogens with one attached hydrogen (secondary N) is 1. The zero-order chi connectivity index (χ0) is 25.8. The average Bonchev–Trinajstić information content (AvgIpc) is 3.48. The highest BCUT2D eigenvalue weighted by atomic mass is 32.1. The van der Waals surface area contributed by atoms with Crippen molar-refractivity contribution in [3.63, 3.8) is 0 Å². The van der Waals surface area contributed by atoms with Gasteiger partial charge in [-0.1, -0.05) is 43.5 Å². The minimum absolute atomic E-state index is 0.0291. The number of benzene rings is 1. The number of carbonyl (C=O) groups is 2. The molecule has 1 aliphatic carbocycles. The first-order chi connectivity index (χ1) is 18.0. The van der Waals surface area contributed by atoms with Gasteiger partial charge in [-0.3, -0.25) is 14.5 Å². The highest BCUT2D eigenvalue weighted by molar-refractivity contribution is 7.13. The normalized spacial score (nSPS) is 18.2. The van der Waals surface area contributed by atoms with Crippen LogP contribution in [-0.4, -0.2) is 70.5 Å². The number of aromatic nitrogens is 1. The smallest absolute Gasteiger partial charge is 0.252 e. The molecular formula is C29H36N4O3S. The zero-order valence-corrected chi connectivity index (χ0v) is 22.3. The summed E-state index contributed by atoms with van der Waals surface area (Å²) in [7, 11) is 0. The quantitative estimate of drug-likeness (QED) is 0.485. The van der Waals surface area contributed by atoms with E-state index < -0.39 is 6.61 Å². The number of amides is 2. The molecule has 196 valence electrons. The number of nitrogens with zero attached hydrogens (tertiary/aromatic N) is 3. The van der Waals surface area contributed by atoms with Crippen molar-refractivity contribution < 1.29 is 14.7 Å². The van der Waals surface area contributed by atoms with Gasteiger partial charge in [0.1, 0.15) is 6.61 Å². The van der Waals surface area contributed by atoms with Crippen molar-refractivity contribution >= 4 is 34.1 Å². The third-order valence-corrected chi connectivity index (χ3v) is 8.81. The van der Waals surface area contributed by atoms with Gasteiger partial charge in [0.15, 0.2) is 0 Å². The molecule has 3 aromatic rings. The van der Waals surface area contributed by atoms with E-state index in [4.69, 9.17) is 4.98 Å². The Morgan fingerprint density at radius 3 is 2.54 bits per heavy atom. The van der Waals surface area contributed by atoms with E-state index >= 15 is 0 Å². The maximum absolute atomic E-state index is 14.0. The molecule has 7 nitrogen and oxygen atoms in total. The van der Waals surface area contributed by atoms with Crippen LogP contribution in [0.2, 0.25) is 0 Å². The van der Waals surface area contributed by atoms with Crippen LogP contribution in [0.5, 0.6) is 0 Å². The molecule has 1 aliphatic heterocycles. The van der Waals surface area contributed by atoms with Crippen LogP contribution in [0.3, 0.4) is 0 Å². The number of carbonyl (C=O) groups excluding carboxylic acids is 2. The summed E-state index contributed by atoms with van der Waals surface area (Å²) in [5.74, 6) is 0.254. The van der Waals surface area contributed by atoms with Gasteiger partial charge in [0.05, 0.1) is 21.7 Å². The molecular weight excluding hydrogens is 484 g/mol. The number of hydrogen-bond acceptors (Lipinski definition) is 6. The Balaban J connectivity index is 1.51. The van der Waals surface area contributed by atoms with Crippen molar-refractivity contribution in [2.24, 2.45) is 5.92 Å². The Labute approximate surface area is 222 Å². The van der Waals surface area contributed by atoms with Crippen molar-refractivity contribution in [1.29, 1.82) is 0 Å². The molecule has 1 saturated heterocycles. The summed E-state index contributed by atoms with van der Waals surface area (Å²) in [5, 5.41) is 15.5. The van der Waals surface area contributed by atoms with Crippen LogP contribution in [0.15, 0.2) is 41.8 Å². The maximum Gasteiger partial charge on any atom is 0.252 e. The fourth-order valence-electron chi connectivity index (χ4n) is 5.79. The lowest BCUT2D eigenvalue weighted by Crippen LogP contribution is -2.49. The number of thiophene rings is 1. The summed E-state index contributed by atoms with van der Waals surface area (Å²) in [6.45, 7) is 4.76. The van der Waals surface area contributed by atoms with Crippen LogP contribution in [0.4, 0.5) is 0 Å². The molecule has 0 radical (unpaired) electrons. The number of fused-ring (bicyclic) bond motifs is 1. The second kappa shape index (κ2) is 11.7. The molecule has 1 aromatic carbocycles. The molecule has 3 heterocycles. The minimum Gasteiger partial charge on any atom is -0.387 e. The zero-order valence-electron chi connectivity index (χ0n) is 21.5. The summed E-state index contributed by atoms with van der Waals surface area (Å²) >= 11 is 1.63. The van der Waals surface area contributed by atoms with Crippen molar-refractivity contribution in [3.8, 4) is 10.6 Å². The molecule has 2 fully saturated rings. The summed E-state index contributed by atoms with van der Waals surface area (Å²) < 4.78 is 0. The van der Waals surface area contributed by atoms with Crippen LogP contribution in [0, 0.1) is 5.92 Å². The van der Waals surface area contributed by atoms with E-state index in [1.54, 1.807) is 16.2 Å². The summed E-state index contributed by atoms with van der Waals surface area (Å²) in [5.41, 5.74) is 3.34. The number of hydrogen-bond donors (Lipinski definition) is 2. The molecule has 8 heteroatoms. The van der Waals surface area contributed by atoms with E-state index in [0.717, 1.165) is 27.0 Å². The van der Waals surface area contributed by atoms with E-state index in [1.807, 2.05) is 35.7 Å². The monoisotopic (exact) mass is 520 g/mol. The van der Waals surface area contributed by atoms with Crippen molar-refractivity contribution in [1.82, 2.24) is 20.1 Å². The Bertz CT molecular complexity index is 1230. The predicted octanol–water partition coefficient (Wildman–Crippen LogP) is 4.30. The second-order valence-electron chi connectivity index (χ2n) is 10.3. The average molecular weight is 521 g/mol. The lowest BCUT2D eigenvalue weighted by molar-refractivity contribution is -0.135. The van der Waals surface area contributed by atoms with Gasteiger partial charge in [0.25, 0.3) is 5.91 Å². The van der Waals surface area contributed by atoms with E-state index in [0.29, 0.717) is 44.2 Å². The molecule has 2 aliphatic rings. The lowest BCUT2D eigenvalue weighted by Gasteiger charge is -2.35. The Morgan fingerprint density at radius 1 is 1.08 bits per heavy atom. The molecule has 0 bridgehead atoms. The third-order valence-electron chi connectivity index (χ3n) is 7.93. The molecule has 0 spiro atoms. The predicted molar refractivity (Wildman–Crippen MR) is 148 cm³/mol. The Morgan fingerprint density at radius 2 is 1.84 bits per heavy atom. The van der Waals surface area contributed by atoms with Gasteiger partial charge in [-0.15, -0.1) is 11.3 Å². The van der Waals surface area contributed by atoms with Gasteiger partial charge in [-0.2, -0.15) is 0 Å². The number of para-hydroxylation sites is 1. The number of rotatable bonds is 7. The first kappa shape index (κ1) is 25.8. The molecule has 1 atom stereocenters. The van der Waals surface area contributed by atoms with Gasteiger partial charge < -0.3 is 15.3 Å². The lowest BCUT2D eigenvalue weighted by atomic mass is 9.84. The summed E-state index contributed by atoms with van der Waals surface area (Å²) in [6, 6.07) is 12.1. The van der Waals surface area contributed by atoms with Gasteiger partial charge in [0, 0.05) is 49.7 Å². The molecule has 1 saturated carbocycles. The van der Waals surface area contributed by atoms with E-state index in [1.165, 1.54) is 32.1 Å². The van der Waals surface area contributed by atoms with Crippen LogP contribution < -0.4 is 5.32 Å². The number of pyridine rings is 1. The van der Waals surface area contributed by atoms with Crippen molar-refractivity contribution in [3.05, 3.63) is 52.9 Å². The molecule has 5 rings (SSSR count). The highest BCUT2D eigenvalue weighted by Gasteiger charge is 2.28. The Kier molecular flexibility index (Phi) is 8.17. The number of aliphatic hydroxyl groups excluding tert-OH is 1. The SMILES string of the molecule is CC(NC(=O)c1c(CN2CCN(C(=O)CO)CC2)c(-c2cccs2)nc2ccccc12)C1CCCCC1. The minimum atomic E-state index is -0.458. The Hall–Kier alpha value is -2.81. The van der Waals surface area contributed by atoms with Crippen molar-refractivity contribution in [2.75, 3.05) is 32.8 Å². The molecule has 37 heavy (non-hydrogen) atoms.